The summed E-state index contributed by atoms with van der Waals surface area (Å²) in [5, 5.41) is 6.08. The SMILES string of the molecule is CCCCCCC(C)Nc1cccc2ccncc12. The van der Waals surface area contributed by atoms with E-state index >= 15 is 0 Å². The number of hydrogen-bond acceptors (Lipinski definition) is 2. The number of anilines is 1. The molecule has 1 unspecified atom stereocenters. The number of benzene rings is 1. The molecule has 2 aromatic rings. The van der Waals surface area contributed by atoms with Crippen molar-refractivity contribution in [3.63, 3.8) is 0 Å². The van der Waals surface area contributed by atoms with Gasteiger partial charge in [0.15, 0.2) is 0 Å². The molecule has 0 saturated carbocycles. The van der Waals surface area contributed by atoms with Gasteiger partial charge in [0, 0.05) is 29.5 Å². The van der Waals surface area contributed by atoms with Gasteiger partial charge in [-0.2, -0.15) is 0 Å². The van der Waals surface area contributed by atoms with Crippen LogP contribution in [-0.4, -0.2) is 11.0 Å². The molecular formula is C17H24N2. The van der Waals surface area contributed by atoms with Gasteiger partial charge in [-0.15, -0.1) is 0 Å². The molecule has 102 valence electrons. The summed E-state index contributed by atoms with van der Waals surface area (Å²) >= 11 is 0. The summed E-state index contributed by atoms with van der Waals surface area (Å²) in [6.07, 6.45) is 10.3. The monoisotopic (exact) mass is 256 g/mol. The van der Waals surface area contributed by atoms with E-state index in [4.69, 9.17) is 0 Å². The van der Waals surface area contributed by atoms with Crippen LogP contribution in [0.15, 0.2) is 36.7 Å². The number of fused-ring (bicyclic) bond motifs is 1. The second-order valence-corrected chi connectivity index (χ2v) is 5.30. The fourth-order valence-electron chi connectivity index (χ4n) is 2.45. The molecule has 1 aromatic carbocycles. The number of nitrogens with zero attached hydrogens (tertiary/aromatic N) is 1. The van der Waals surface area contributed by atoms with Gasteiger partial charge in [0.1, 0.15) is 0 Å². The Hall–Kier alpha value is -1.57. The lowest BCUT2D eigenvalue weighted by Gasteiger charge is -2.16. The van der Waals surface area contributed by atoms with Crippen LogP contribution in [0.5, 0.6) is 0 Å². The third-order valence-corrected chi connectivity index (χ3v) is 3.58. The summed E-state index contributed by atoms with van der Waals surface area (Å²) < 4.78 is 0. The zero-order valence-corrected chi connectivity index (χ0v) is 12.0. The highest BCUT2D eigenvalue weighted by Crippen LogP contribution is 2.23. The lowest BCUT2D eigenvalue weighted by Crippen LogP contribution is -2.15. The molecule has 1 heterocycles. The molecule has 2 rings (SSSR count). The molecule has 0 saturated heterocycles. The fourth-order valence-corrected chi connectivity index (χ4v) is 2.45. The van der Waals surface area contributed by atoms with Crippen LogP contribution in [0.2, 0.25) is 0 Å². The summed E-state index contributed by atoms with van der Waals surface area (Å²) in [5.41, 5.74) is 1.20. The van der Waals surface area contributed by atoms with Crippen LogP contribution >= 0.6 is 0 Å². The van der Waals surface area contributed by atoms with Crippen molar-refractivity contribution in [3.05, 3.63) is 36.7 Å². The van der Waals surface area contributed by atoms with Crippen molar-refractivity contribution in [1.29, 1.82) is 0 Å². The highest BCUT2D eigenvalue weighted by atomic mass is 14.9. The Morgan fingerprint density at radius 1 is 1.16 bits per heavy atom. The maximum Gasteiger partial charge on any atom is 0.0437 e. The fraction of sp³-hybridized carbons (Fsp3) is 0.471. The molecule has 0 spiro atoms. The third-order valence-electron chi connectivity index (χ3n) is 3.58. The van der Waals surface area contributed by atoms with Gasteiger partial charge in [-0.1, -0.05) is 44.7 Å². The first-order chi connectivity index (χ1) is 9.31. The van der Waals surface area contributed by atoms with Crippen LogP contribution in [0.1, 0.15) is 46.0 Å². The van der Waals surface area contributed by atoms with Gasteiger partial charge in [-0.3, -0.25) is 4.98 Å². The number of aromatic nitrogens is 1. The van der Waals surface area contributed by atoms with Crippen LogP contribution in [0.25, 0.3) is 10.8 Å². The quantitative estimate of drug-likeness (QED) is 0.705. The lowest BCUT2D eigenvalue weighted by atomic mass is 10.1. The van der Waals surface area contributed by atoms with Crippen LogP contribution in [-0.2, 0) is 0 Å². The van der Waals surface area contributed by atoms with Crippen molar-refractivity contribution >= 4 is 16.5 Å². The summed E-state index contributed by atoms with van der Waals surface area (Å²) in [5.74, 6) is 0. The Kier molecular flexibility index (Phi) is 5.20. The minimum absolute atomic E-state index is 0.516. The molecule has 1 aromatic heterocycles. The minimum atomic E-state index is 0.516. The van der Waals surface area contributed by atoms with Crippen molar-refractivity contribution in [2.45, 2.75) is 52.0 Å². The van der Waals surface area contributed by atoms with Crippen LogP contribution in [0, 0.1) is 0 Å². The van der Waals surface area contributed by atoms with E-state index in [1.54, 1.807) is 0 Å². The van der Waals surface area contributed by atoms with Crippen LogP contribution in [0.4, 0.5) is 5.69 Å². The number of hydrogen-bond donors (Lipinski definition) is 1. The molecule has 2 nitrogen and oxygen atoms in total. The van der Waals surface area contributed by atoms with Gasteiger partial charge in [-0.25, -0.2) is 0 Å². The Bertz CT molecular complexity index is 502. The molecule has 1 N–H and O–H groups in total. The zero-order chi connectivity index (χ0) is 13.5. The van der Waals surface area contributed by atoms with Crippen LogP contribution < -0.4 is 5.32 Å². The minimum Gasteiger partial charge on any atom is -0.382 e. The molecule has 0 aliphatic carbocycles. The van der Waals surface area contributed by atoms with E-state index in [0.717, 1.165) is 0 Å². The first-order valence-corrected chi connectivity index (χ1v) is 7.40. The van der Waals surface area contributed by atoms with Crippen molar-refractivity contribution in [2.24, 2.45) is 0 Å². The zero-order valence-electron chi connectivity index (χ0n) is 12.0. The molecule has 1 atom stereocenters. The predicted octanol–water partition coefficient (Wildman–Crippen LogP) is 5.01. The maximum absolute atomic E-state index is 4.23. The highest BCUT2D eigenvalue weighted by Gasteiger charge is 2.05. The predicted molar refractivity (Wildman–Crippen MR) is 83.6 cm³/mol. The average Bonchev–Trinajstić information content (AvgIpc) is 2.44. The van der Waals surface area contributed by atoms with E-state index in [0.29, 0.717) is 6.04 Å². The van der Waals surface area contributed by atoms with Gasteiger partial charge in [0.05, 0.1) is 0 Å². The van der Waals surface area contributed by atoms with Crippen molar-refractivity contribution in [1.82, 2.24) is 4.98 Å². The normalized spacial score (nSPS) is 12.5. The lowest BCUT2D eigenvalue weighted by molar-refractivity contribution is 0.594. The second kappa shape index (κ2) is 7.13. The molecule has 0 fully saturated rings. The molecular weight excluding hydrogens is 232 g/mol. The topological polar surface area (TPSA) is 24.9 Å². The van der Waals surface area contributed by atoms with E-state index < -0.39 is 0 Å². The molecule has 0 amide bonds. The van der Waals surface area contributed by atoms with Crippen molar-refractivity contribution in [2.75, 3.05) is 5.32 Å². The Balaban J connectivity index is 1.97. The smallest absolute Gasteiger partial charge is 0.0437 e. The molecule has 2 heteroatoms. The van der Waals surface area contributed by atoms with Gasteiger partial charge in [0.2, 0.25) is 0 Å². The molecule has 0 aliphatic rings. The Morgan fingerprint density at radius 3 is 2.89 bits per heavy atom. The maximum atomic E-state index is 4.23. The van der Waals surface area contributed by atoms with Gasteiger partial charge in [0.25, 0.3) is 0 Å². The Morgan fingerprint density at radius 2 is 2.05 bits per heavy atom. The summed E-state index contributed by atoms with van der Waals surface area (Å²) in [7, 11) is 0. The van der Waals surface area contributed by atoms with E-state index in [1.165, 1.54) is 48.6 Å². The molecule has 19 heavy (non-hydrogen) atoms. The van der Waals surface area contributed by atoms with E-state index in [-0.39, 0.29) is 0 Å². The highest BCUT2D eigenvalue weighted by molar-refractivity contribution is 5.93. The molecule has 0 aliphatic heterocycles. The first-order valence-electron chi connectivity index (χ1n) is 7.40. The summed E-state index contributed by atoms with van der Waals surface area (Å²) in [6.45, 7) is 4.52. The van der Waals surface area contributed by atoms with Crippen molar-refractivity contribution < 1.29 is 0 Å². The third kappa shape index (κ3) is 3.95. The first kappa shape index (κ1) is 13.9. The van der Waals surface area contributed by atoms with E-state index in [1.807, 2.05) is 12.4 Å². The largest absolute Gasteiger partial charge is 0.382 e. The number of unbranched alkanes of at least 4 members (excludes halogenated alkanes) is 3. The van der Waals surface area contributed by atoms with Gasteiger partial charge in [-0.05, 0) is 30.9 Å². The van der Waals surface area contributed by atoms with E-state index in [9.17, 15) is 0 Å². The molecule has 0 bridgehead atoms. The van der Waals surface area contributed by atoms with Crippen LogP contribution in [0.3, 0.4) is 0 Å². The Labute approximate surface area is 116 Å². The van der Waals surface area contributed by atoms with Gasteiger partial charge < -0.3 is 5.32 Å². The number of rotatable bonds is 7. The summed E-state index contributed by atoms with van der Waals surface area (Å²) in [4.78, 5) is 4.23. The number of nitrogens with one attached hydrogen (secondary N) is 1. The van der Waals surface area contributed by atoms with Gasteiger partial charge >= 0.3 is 0 Å². The second-order valence-electron chi connectivity index (χ2n) is 5.30. The average molecular weight is 256 g/mol. The standard InChI is InChI=1S/C17H24N2/c1-3-4-5-6-8-14(2)19-17-10-7-9-15-11-12-18-13-16(15)17/h7,9-14,19H,3-6,8H2,1-2H3. The summed E-state index contributed by atoms with van der Waals surface area (Å²) in [6, 6.07) is 8.96. The van der Waals surface area contributed by atoms with E-state index in [2.05, 4.69) is 48.4 Å². The number of pyridine rings is 1. The van der Waals surface area contributed by atoms with Crippen molar-refractivity contribution in [3.8, 4) is 0 Å². The molecule has 0 radical (unpaired) electrons.